The zero-order chi connectivity index (χ0) is 17.6. The molecule has 1 atom stereocenters. The van der Waals surface area contributed by atoms with Crippen LogP contribution in [0.5, 0.6) is 0 Å². The van der Waals surface area contributed by atoms with E-state index in [9.17, 15) is 4.79 Å². The molecule has 140 valence electrons. The molecule has 0 aromatic carbocycles. The first-order valence-electron chi connectivity index (χ1n) is 9.49. The summed E-state index contributed by atoms with van der Waals surface area (Å²) in [5.74, 6) is 1.31. The predicted molar refractivity (Wildman–Crippen MR) is 97.6 cm³/mol. The summed E-state index contributed by atoms with van der Waals surface area (Å²) in [6.07, 6.45) is 5.07. The number of halogens is 1. The van der Waals surface area contributed by atoms with E-state index in [0.717, 1.165) is 83.0 Å². The number of amides is 1. The van der Waals surface area contributed by atoms with Crippen molar-refractivity contribution >= 4 is 17.5 Å². The van der Waals surface area contributed by atoms with E-state index < -0.39 is 0 Å². The zero-order valence-electron chi connectivity index (χ0n) is 15.1. The Labute approximate surface area is 154 Å². The summed E-state index contributed by atoms with van der Waals surface area (Å²) in [6, 6.07) is 0. The summed E-state index contributed by atoms with van der Waals surface area (Å²) in [5.41, 5.74) is 0.997. The molecule has 0 bridgehead atoms. The lowest BCUT2D eigenvalue weighted by Crippen LogP contribution is -2.39. The molecule has 1 N–H and O–H groups in total. The third kappa shape index (κ3) is 4.96. The number of aromatic amines is 1. The maximum absolute atomic E-state index is 12.6. The highest BCUT2D eigenvalue weighted by Gasteiger charge is 2.29. The topological polar surface area (TPSA) is 61.5 Å². The third-order valence-electron chi connectivity index (χ3n) is 5.11. The van der Waals surface area contributed by atoms with Crippen LogP contribution in [-0.2, 0) is 22.5 Å². The Balaban J connectivity index is 1.53. The molecule has 0 spiro atoms. The standard InChI is InChI=1S/C18H29ClN4O2/c1-2-3-5-16-20-15(17(19)21-16)12-22-7-4-8-23(10-9-22)18(24)14-6-11-25-13-14/h14H,2-13H2,1H3,(H,20,21). The maximum Gasteiger partial charge on any atom is 0.228 e. The Morgan fingerprint density at radius 3 is 3.00 bits per heavy atom. The minimum absolute atomic E-state index is 0.0646. The summed E-state index contributed by atoms with van der Waals surface area (Å²) in [5, 5.41) is 0.589. The maximum atomic E-state index is 12.6. The van der Waals surface area contributed by atoms with Crippen molar-refractivity contribution in [3.63, 3.8) is 0 Å². The predicted octanol–water partition coefficient (Wildman–Crippen LogP) is 2.48. The molecule has 2 fully saturated rings. The van der Waals surface area contributed by atoms with E-state index in [-0.39, 0.29) is 11.8 Å². The van der Waals surface area contributed by atoms with E-state index >= 15 is 0 Å². The molecule has 0 aliphatic carbocycles. The lowest BCUT2D eigenvalue weighted by molar-refractivity contribution is -0.135. The Hall–Kier alpha value is -1.11. The van der Waals surface area contributed by atoms with Crippen LogP contribution in [0.1, 0.15) is 44.1 Å². The van der Waals surface area contributed by atoms with Crippen LogP contribution in [0.3, 0.4) is 0 Å². The number of rotatable bonds is 6. The molecular formula is C18H29ClN4O2. The smallest absolute Gasteiger partial charge is 0.228 e. The number of ether oxygens (including phenoxy) is 1. The summed E-state index contributed by atoms with van der Waals surface area (Å²) in [4.78, 5) is 24.8. The number of aryl methyl sites for hydroxylation is 1. The number of carbonyl (C=O) groups excluding carboxylic acids is 1. The normalized spacial score (nSPS) is 22.3. The summed E-state index contributed by atoms with van der Waals surface area (Å²) in [6.45, 7) is 7.72. The SMILES string of the molecule is CCCCc1nc(Cl)c(CN2CCCN(C(=O)C3CCOC3)CC2)[nH]1. The minimum atomic E-state index is 0.0646. The van der Waals surface area contributed by atoms with Gasteiger partial charge in [-0.05, 0) is 19.3 Å². The molecule has 0 radical (unpaired) electrons. The number of imidazole rings is 1. The molecule has 7 heteroatoms. The van der Waals surface area contributed by atoms with Crippen LogP contribution in [0.2, 0.25) is 5.15 Å². The van der Waals surface area contributed by atoms with Gasteiger partial charge in [-0.1, -0.05) is 24.9 Å². The van der Waals surface area contributed by atoms with Gasteiger partial charge in [-0.2, -0.15) is 0 Å². The Bertz CT molecular complexity index is 571. The monoisotopic (exact) mass is 368 g/mol. The number of nitrogens with one attached hydrogen (secondary N) is 1. The van der Waals surface area contributed by atoms with E-state index in [2.05, 4.69) is 21.8 Å². The van der Waals surface area contributed by atoms with Crippen LogP contribution in [0.25, 0.3) is 0 Å². The van der Waals surface area contributed by atoms with Gasteiger partial charge in [0.1, 0.15) is 5.82 Å². The fraction of sp³-hybridized carbons (Fsp3) is 0.778. The highest BCUT2D eigenvalue weighted by molar-refractivity contribution is 6.30. The first-order chi connectivity index (χ1) is 12.2. The molecule has 0 saturated carbocycles. The first kappa shape index (κ1) is 18.7. The molecule has 3 rings (SSSR count). The molecule has 1 amide bonds. The second-order valence-corrected chi connectivity index (χ2v) is 7.43. The van der Waals surface area contributed by atoms with Crippen LogP contribution in [0.15, 0.2) is 0 Å². The highest BCUT2D eigenvalue weighted by Crippen LogP contribution is 2.19. The molecule has 1 aromatic rings. The molecule has 2 aliphatic heterocycles. The van der Waals surface area contributed by atoms with Crippen molar-refractivity contribution < 1.29 is 9.53 Å². The van der Waals surface area contributed by atoms with Gasteiger partial charge in [0.15, 0.2) is 5.15 Å². The lowest BCUT2D eigenvalue weighted by atomic mass is 10.1. The van der Waals surface area contributed by atoms with Crippen molar-refractivity contribution in [3.05, 3.63) is 16.7 Å². The van der Waals surface area contributed by atoms with Crippen LogP contribution in [0.4, 0.5) is 0 Å². The van der Waals surface area contributed by atoms with Crippen LogP contribution in [0, 0.1) is 5.92 Å². The number of aromatic nitrogens is 2. The minimum Gasteiger partial charge on any atom is -0.381 e. The molecular weight excluding hydrogens is 340 g/mol. The van der Waals surface area contributed by atoms with Gasteiger partial charge in [-0.15, -0.1) is 0 Å². The Morgan fingerprint density at radius 1 is 1.36 bits per heavy atom. The summed E-state index contributed by atoms with van der Waals surface area (Å²) < 4.78 is 5.36. The van der Waals surface area contributed by atoms with Gasteiger partial charge in [0.2, 0.25) is 5.91 Å². The quantitative estimate of drug-likeness (QED) is 0.837. The van der Waals surface area contributed by atoms with Crippen LogP contribution < -0.4 is 0 Å². The molecule has 2 saturated heterocycles. The van der Waals surface area contributed by atoms with E-state index in [0.29, 0.717) is 11.8 Å². The van der Waals surface area contributed by atoms with Gasteiger partial charge in [0, 0.05) is 45.8 Å². The number of carbonyl (C=O) groups is 1. The van der Waals surface area contributed by atoms with Crippen molar-refractivity contribution in [2.24, 2.45) is 5.92 Å². The van der Waals surface area contributed by atoms with Crippen molar-refractivity contribution in [1.29, 1.82) is 0 Å². The van der Waals surface area contributed by atoms with Gasteiger partial charge in [0.25, 0.3) is 0 Å². The molecule has 6 nitrogen and oxygen atoms in total. The zero-order valence-corrected chi connectivity index (χ0v) is 15.9. The van der Waals surface area contributed by atoms with Gasteiger partial charge >= 0.3 is 0 Å². The molecule has 3 heterocycles. The first-order valence-corrected chi connectivity index (χ1v) is 9.87. The lowest BCUT2D eigenvalue weighted by Gasteiger charge is -2.24. The van der Waals surface area contributed by atoms with E-state index in [1.54, 1.807) is 0 Å². The summed E-state index contributed by atoms with van der Waals surface area (Å²) >= 11 is 6.30. The fourth-order valence-electron chi connectivity index (χ4n) is 3.57. The van der Waals surface area contributed by atoms with Gasteiger partial charge < -0.3 is 14.6 Å². The number of hydrogen-bond donors (Lipinski definition) is 1. The molecule has 2 aliphatic rings. The number of nitrogens with zero attached hydrogens (tertiary/aromatic N) is 3. The van der Waals surface area contributed by atoms with E-state index in [4.69, 9.17) is 16.3 Å². The Kier molecular flexibility index (Phi) is 6.73. The number of unbranched alkanes of at least 4 members (excludes halogenated alkanes) is 1. The Morgan fingerprint density at radius 2 is 2.24 bits per heavy atom. The largest absolute Gasteiger partial charge is 0.381 e. The number of H-pyrrole nitrogens is 1. The van der Waals surface area contributed by atoms with E-state index in [1.165, 1.54) is 0 Å². The van der Waals surface area contributed by atoms with Crippen LogP contribution in [-0.4, -0.2) is 65.1 Å². The van der Waals surface area contributed by atoms with Crippen molar-refractivity contribution in [3.8, 4) is 0 Å². The average molecular weight is 369 g/mol. The molecule has 1 aromatic heterocycles. The van der Waals surface area contributed by atoms with Gasteiger partial charge in [0.05, 0.1) is 18.2 Å². The van der Waals surface area contributed by atoms with E-state index in [1.807, 2.05) is 4.90 Å². The number of hydrogen-bond acceptors (Lipinski definition) is 4. The second-order valence-electron chi connectivity index (χ2n) is 7.07. The second kappa shape index (κ2) is 9.01. The molecule has 25 heavy (non-hydrogen) atoms. The van der Waals surface area contributed by atoms with Crippen molar-refractivity contribution in [1.82, 2.24) is 19.8 Å². The highest BCUT2D eigenvalue weighted by atomic mass is 35.5. The fourth-order valence-corrected chi connectivity index (χ4v) is 3.78. The van der Waals surface area contributed by atoms with Crippen molar-refractivity contribution in [2.75, 3.05) is 39.4 Å². The third-order valence-corrected chi connectivity index (χ3v) is 5.42. The molecule has 1 unspecified atom stereocenters. The van der Waals surface area contributed by atoms with Crippen molar-refractivity contribution in [2.45, 2.75) is 45.6 Å². The van der Waals surface area contributed by atoms with Gasteiger partial charge in [-0.25, -0.2) is 4.98 Å². The average Bonchev–Trinajstić information content (AvgIpc) is 3.19. The van der Waals surface area contributed by atoms with Gasteiger partial charge in [-0.3, -0.25) is 9.69 Å². The van der Waals surface area contributed by atoms with Crippen LogP contribution >= 0.6 is 11.6 Å². The summed E-state index contributed by atoms with van der Waals surface area (Å²) in [7, 11) is 0.